The molecule has 1 aromatic carbocycles. The van der Waals surface area contributed by atoms with E-state index in [1.807, 2.05) is 20.6 Å². The molecule has 1 N–H and O–H groups in total. The number of hydrogen-bond donors (Lipinski definition) is 1. The Bertz CT molecular complexity index is 496. The summed E-state index contributed by atoms with van der Waals surface area (Å²) in [6.45, 7) is 6.00. The van der Waals surface area contributed by atoms with Gasteiger partial charge in [-0.3, -0.25) is 4.79 Å². The first-order valence-corrected chi connectivity index (χ1v) is 4.62. The van der Waals surface area contributed by atoms with Gasteiger partial charge in [0.05, 0.1) is 5.39 Å². The van der Waals surface area contributed by atoms with Crippen LogP contribution in [-0.2, 0) is 4.79 Å². The first-order chi connectivity index (χ1) is 7.79. The molecule has 0 fully saturated rings. The molecule has 6 heteroatoms. The van der Waals surface area contributed by atoms with Gasteiger partial charge >= 0.3 is 5.56 Å². The third-order valence-corrected chi connectivity index (χ3v) is 1.55. The fraction of sp³-hybridized carbons (Fsp3) is 0.200. The molecule has 2 aromatic rings. The lowest BCUT2D eigenvalue weighted by Crippen LogP contribution is -2.21. The largest absolute Gasteiger partial charge is 0.407 e. The van der Waals surface area contributed by atoms with E-state index in [-0.39, 0.29) is 4.85 Å². The molecule has 2 rings (SSSR count). The van der Waals surface area contributed by atoms with Crippen LogP contribution in [0.3, 0.4) is 0 Å². The predicted octanol–water partition coefficient (Wildman–Crippen LogP) is 0.870. The van der Waals surface area contributed by atoms with Crippen molar-refractivity contribution in [1.29, 1.82) is 0 Å². The molecule has 0 radical (unpaired) electrons. The minimum atomic E-state index is -0.555. The summed E-state index contributed by atoms with van der Waals surface area (Å²) in [5.74, 6) is 0. The van der Waals surface area contributed by atoms with Gasteiger partial charge in [-0.25, -0.2) is 0 Å². The molecule has 0 amide bonds. The van der Waals surface area contributed by atoms with Gasteiger partial charge in [0.1, 0.15) is 12.3 Å². The van der Waals surface area contributed by atoms with Crippen LogP contribution in [0.4, 0.5) is 0 Å². The van der Waals surface area contributed by atoms with Crippen molar-refractivity contribution in [3.05, 3.63) is 34.6 Å². The monoisotopic (exact) mass is 223 g/mol. The molecule has 6 nitrogen and oxygen atoms in total. The van der Waals surface area contributed by atoms with Crippen LogP contribution in [0.1, 0.15) is 13.8 Å². The lowest BCUT2D eigenvalue weighted by atomic mass is 10.2. The quantitative estimate of drug-likeness (QED) is 0.670. The van der Waals surface area contributed by atoms with E-state index in [1.165, 1.54) is 0 Å². The number of carbonyl (C=O) groups excluding carboxylic acids is 1. The summed E-state index contributed by atoms with van der Waals surface area (Å²) in [5, 5.41) is 16.0. The molecule has 1 heterocycles. The maximum absolute atomic E-state index is 11.1. The maximum atomic E-state index is 11.1. The first kappa shape index (κ1) is 13.8. The Labute approximate surface area is 92.1 Å². The third kappa shape index (κ3) is 2.88. The molecule has 1 aromatic heterocycles. The Kier molecular flexibility index (Phi) is 6.11. The van der Waals surface area contributed by atoms with Gasteiger partial charge in [0.25, 0.3) is 0 Å². The molecule has 0 aliphatic rings. The van der Waals surface area contributed by atoms with Crippen LogP contribution in [0, 0.1) is 0 Å². The van der Waals surface area contributed by atoms with Crippen LogP contribution < -0.4 is 5.56 Å². The van der Waals surface area contributed by atoms with Gasteiger partial charge in [0.2, 0.25) is 0 Å². The lowest BCUT2D eigenvalue weighted by molar-refractivity contribution is -0.0979. The van der Waals surface area contributed by atoms with E-state index < -0.39 is 5.56 Å². The summed E-state index contributed by atoms with van der Waals surface area (Å²) in [6, 6.07) is 6.69. The van der Waals surface area contributed by atoms with Crippen molar-refractivity contribution in [2.75, 3.05) is 0 Å². The van der Waals surface area contributed by atoms with Crippen molar-refractivity contribution in [1.82, 2.24) is 15.2 Å². The highest BCUT2D eigenvalue weighted by Crippen LogP contribution is 2.02. The molecular formula is C10H13N3O3. The third-order valence-electron chi connectivity index (χ3n) is 1.55. The molecular weight excluding hydrogens is 210 g/mol. The van der Waals surface area contributed by atoms with Gasteiger partial charge < -0.3 is 10.0 Å². The smallest absolute Gasteiger partial charge is 0.314 e. The second-order valence-corrected chi connectivity index (χ2v) is 2.30. The summed E-state index contributed by atoms with van der Waals surface area (Å²) in [6.07, 6.45) is 0. The maximum Gasteiger partial charge on any atom is 0.314 e. The van der Waals surface area contributed by atoms with Gasteiger partial charge in [-0.15, -0.1) is 5.10 Å². The Morgan fingerprint density at radius 2 is 1.81 bits per heavy atom. The van der Waals surface area contributed by atoms with Crippen molar-refractivity contribution >= 4 is 17.7 Å². The summed E-state index contributed by atoms with van der Waals surface area (Å²) >= 11 is 0. The normalized spacial score (nSPS) is 8.38. The van der Waals surface area contributed by atoms with E-state index in [4.69, 9.17) is 10.0 Å². The van der Waals surface area contributed by atoms with Crippen LogP contribution in [-0.4, -0.2) is 27.2 Å². The number of aromatic nitrogens is 3. The fourth-order valence-corrected chi connectivity index (χ4v) is 0.981. The molecule has 16 heavy (non-hydrogen) atoms. The number of rotatable bonds is 0. The zero-order valence-corrected chi connectivity index (χ0v) is 9.12. The van der Waals surface area contributed by atoms with Crippen LogP contribution in [0.15, 0.2) is 29.1 Å². The minimum Gasteiger partial charge on any atom is -0.407 e. The van der Waals surface area contributed by atoms with Crippen LogP contribution >= 0.6 is 0 Å². The Morgan fingerprint density at radius 1 is 1.25 bits per heavy atom. The molecule has 0 unspecified atom stereocenters. The van der Waals surface area contributed by atoms with Crippen LogP contribution in [0.25, 0.3) is 10.9 Å². The van der Waals surface area contributed by atoms with Crippen molar-refractivity contribution in [3.8, 4) is 0 Å². The predicted molar refractivity (Wildman–Crippen MR) is 59.5 cm³/mol. The molecule has 86 valence electrons. The van der Waals surface area contributed by atoms with E-state index in [1.54, 1.807) is 24.3 Å². The van der Waals surface area contributed by atoms with E-state index in [9.17, 15) is 4.79 Å². The number of hydrogen-bond acceptors (Lipinski definition) is 5. The Hall–Kier alpha value is -2.24. The van der Waals surface area contributed by atoms with Crippen LogP contribution in [0.5, 0.6) is 0 Å². The zero-order valence-electron chi connectivity index (χ0n) is 9.12. The lowest BCUT2D eigenvalue weighted by Gasteiger charge is -1.94. The van der Waals surface area contributed by atoms with Crippen molar-refractivity contribution < 1.29 is 10.0 Å². The molecule has 0 saturated heterocycles. The second kappa shape index (κ2) is 7.10. The molecule has 0 saturated carbocycles. The van der Waals surface area contributed by atoms with E-state index >= 15 is 0 Å². The molecule has 0 aliphatic carbocycles. The molecule has 0 atom stereocenters. The average molecular weight is 223 g/mol. The van der Waals surface area contributed by atoms with Gasteiger partial charge in [-0.1, -0.05) is 26.0 Å². The number of nitrogens with zero attached hydrogens (tertiary/aromatic N) is 3. The zero-order chi connectivity index (χ0) is 12.6. The topological polar surface area (TPSA) is 85.1 Å². The minimum absolute atomic E-state index is 0.225. The summed E-state index contributed by atoms with van der Waals surface area (Å²) in [7, 11) is 0. The van der Waals surface area contributed by atoms with Gasteiger partial charge in [-0.2, -0.15) is 0 Å². The molecule has 0 bridgehead atoms. The standard InChI is InChI=1S/C7H5N3O2.C2H6.CH2O/c11-7-5-3-1-2-4-6(5)8-9-10(7)12;2*1-2/h1-4,12H;1-2H3;1H2. The Balaban J connectivity index is 0.000000509. The number of fused-ring (bicyclic) bond motifs is 1. The summed E-state index contributed by atoms with van der Waals surface area (Å²) in [5.41, 5.74) is -0.0756. The first-order valence-electron chi connectivity index (χ1n) is 4.62. The fourth-order valence-electron chi connectivity index (χ4n) is 0.981. The van der Waals surface area contributed by atoms with Gasteiger partial charge in [0.15, 0.2) is 0 Å². The molecule has 0 spiro atoms. The van der Waals surface area contributed by atoms with Crippen LogP contribution in [0.2, 0.25) is 0 Å². The summed E-state index contributed by atoms with van der Waals surface area (Å²) < 4.78 is 0. The highest BCUT2D eigenvalue weighted by Gasteiger charge is 2.01. The van der Waals surface area contributed by atoms with Crippen molar-refractivity contribution in [3.63, 3.8) is 0 Å². The van der Waals surface area contributed by atoms with Gasteiger partial charge in [0, 0.05) is 0 Å². The number of benzene rings is 1. The second-order valence-electron chi connectivity index (χ2n) is 2.30. The Morgan fingerprint density at radius 3 is 2.44 bits per heavy atom. The average Bonchev–Trinajstić information content (AvgIpc) is 2.39. The van der Waals surface area contributed by atoms with E-state index in [0.29, 0.717) is 10.9 Å². The van der Waals surface area contributed by atoms with Crippen molar-refractivity contribution in [2.24, 2.45) is 0 Å². The number of carbonyl (C=O) groups is 1. The SMILES string of the molecule is C=O.CC.O=c1c2ccccc2nnn1O. The van der Waals surface area contributed by atoms with Gasteiger partial charge in [-0.05, 0) is 22.2 Å². The van der Waals surface area contributed by atoms with E-state index in [2.05, 4.69) is 10.3 Å². The highest BCUT2D eigenvalue weighted by atomic mass is 16.5. The summed E-state index contributed by atoms with van der Waals surface area (Å²) in [4.78, 5) is 19.4. The highest BCUT2D eigenvalue weighted by molar-refractivity contribution is 5.76. The molecule has 0 aliphatic heterocycles. The van der Waals surface area contributed by atoms with Crippen molar-refractivity contribution in [2.45, 2.75) is 13.8 Å². The van der Waals surface area contributed by atoms with E-state index in [0.717, 1.165) is 0 Å².